The third-order valence-corrected chi connectivity index (χ3v) is 6.68. The SMILES string of the molecule is CCCCC[C@@H](CCCCCCCCCC(=O)OC)O[C@@H]1O[C@H](C)[C@@H]2OC(C)(C)O[C@@H]2[C@H]1O. The van der Waals surface area contributed by atoms with Crippen LogP contribution in [0.25, 0.3) is 0 Å². The molecule has 2 saturated heterocycles. The molecule has 0 amide bonds. The number of hydrogen-bond donors (Lipinski definition) is 1. The van der Waals surface area contributed by atoms with E-state index < -0.39 is 24.3 Å². The molecule has 0 aliphatic carbocycles. The third kappa shape index (κ3) is 9.81. The maximum atomic E-state index is 11.1. The number of methoxy groups -OCH3 is 1. The molecule has 33 heavy (non-hydrogen) atoms. The number of aliphatic hydroxyl groups excluding tert-OH is 1. The summed E-state index contributed by atoms with van der Waals surface area (Å²) in [4.78, 5) is 11.1. The molecule has 2 aliphatic rings. The molecular formula is C26H48O7. The monoisotopic (exact) mass is 472 g/mol. The van der Waals surface area contributed by atoms with E-state index in [-0.39, 0.29) is 24.3 Å². The third-order valence-electron chi connectivity index (χ3n) is 6.68. The fraction of sp³-hybridized carbons (Fsp3) is 0.962. The lowest BCUT2D eigenvalue weighted by Gasteiger charge is -2.40. The predicted octanol–water partition coefficient (Wildman–Crippen LogP) is 5.26. The molecule has 194 valence electrons. The Morgan fingerprint density at radius 1 is 0.939 bits per heavy atom. The van der Waals surface area contributed by atoms with Crippen molar-refractivity contribution >= 4 is 5.97 Å². The number of esters is 1. The summed E-state index contributed by atoms with van der Waals surface area (Å²) in [6.45, 7) is 7.90. The standard InChI is InChI=1S/C26H48O7/c1-6-7-13-16-20(17-14-11-9-8-10-12-15-18-21(27)29-5)31-25-22(28)24-23(19(2)30-25)32-26(3,4)33-24/h19-20,22-25,28H,6-18H2,1-5H3/t19-,20+,22-,23+,24-,25+/m1/s1. The van der Waals surface area contributed by atoms with E-state index in [9.17, 15) is 9.90 Å². The molecule has 2 aliphatic heterocycles. The number of fused-ring (bicyclic) bond motifs is 1. The van der Waals surface area contributed by atoms with Gasteiger partial charge in [0.1, 0.15) is 18.3 Å². The zero-order chi connectivity index (χ0) is 24.3. The molecule has 7 nitrogen and oxygen atoms in total. The van der Waals surface area contributed by atoms with Crippen molar-refractivity contribution < 1.29 is 33.6 Å². The second-order valence-corrected chi connectivity index (χ2v) is 10.1. The maximum absolute atomic E-state index is 11.1. The van der Waals surface area contributed by atoms with Gasteiger partial charge in [-0.1, -0.05) is 64.7 Å². The van der Waals surface area contributed by atoms with E-state index in [1.54, 1.807) is 0 Å². The first-order valence-electron chi connectivity index (χ1n) is 13.2. The van der Waals surface area contributed by atoms with Gasteiger partial charge in [0, 0.05) is 6.42 Å². The fourth-order valence-corrected chi connectivity index (χ4v) is 4.80. The van der Waals surface area contributed by atoms with Crippen LogP contribution >= 0.6 is 0 Å². The van der Waals surface area contributed by atoms with Crippen molar-refractivity contribution in [1.29, 1.82) is 0 Å². The summed E-state index contributed by atoms with van der Waals surface area (Å²) in [7, 11) is 1.44. The van der Waals surface area contributed by atoms with Crippen LogP contribution in [0, 0.1) is 0 Å². The predicted molar refractivity (Wildman–Crippen MR) is 127 cm³/mol. The van der Waals surface area contributed by atoms with Crippen LogP contribution in [0.3, 0.4) is 0 Å². The van der Waals surface area contributed by atoms with Crippen LogP contribution in [0.4, 0.5) is 0 Å². The van der Waals surface area contributed by atoms with Gasteiger partial charge in [-0.25, -0.2) is 0 Å². The Kier molecular flexibility index (Phi) is 12.6. The zero-order valence-corrected chi connectivity index (χ0v) is 21.6. The minimum absolute atomic E-state index is 0.0790. The van der Waals surface area contributed by atoms with E-state index in [1.807, 2.05) is 20.8 Å². The van der Waals surface area contributed by atoms with E-state index in [0.29, 0.717) is 6.42 Å². The number of ether oxygens (including phenoxy) is 5. The van der Waals surface area contributed by atoms with Crippen molar-refractivity contribution in [3.63, 3.8) is 0 Å². The lowest BCUT2D eigenvalue weighted by atomic mass is 9.99. The maximum Gasteiger partial charge on any atom is 0.305 e. The molecule has 0 aromatic heterocycles. The Labute approximate surface area is 200 Å². The molecule has 2 heterocycles. The minimum atomic E-state index is -0.855. The normalized spacial score (nSPS) is 29.6. The highest BCUT2D eigenvalue weighted by Crippen LogP contribution is 2.38. The number of unbranched alkanes of at least 4 members (excludes halogenated alkanes) is 8. The quantitative estimate of drug-likeness (QED) is 0.242. The summed E-state index contributed by atoms with van der Waals surface area (Å²) < 4.78 is 28.9. The minimum Gasteiger partial charge on any atom is -0.469 e. The first-order valence-corrected chi connectivity index (χ1v) is 13.2. The smallest absolute Gasteiger partial charge is 0.305 e. The van der Waals surface area contributed by atoms with Crippen molar-refractivity contribution in [3.8, 4) is 0 Å². The van der Waals surface area contributed by atoms with Crippen LogP contribution in [0.1, 0.15) is 111 Å². The lowest BCUT2D eigenvalue weighted by Crippen LogP contribution is -2.56. The molecule has 0 spiro atoms. The Morgan fingerprint density at radius 2 is 1.52 bits per heavy atom. The number of carbonyl (C=O) groups is 1. The fourth-order valence-electron chi connectivity index (χ4n) is 4.80. The molecule has 0 unspecified atom stereocenters. The van der Waals surface area contributed by atoms with E-state index in [1.165, 1.54) is 39.2 Å². The van der Waals surface area contributed by atoms with Gasteiger partial charge >= 0.3 is 5.97 Å². The van der Waals surface area contributed by atoms with Crippen LogP contribution in [0.5, 0.6) is 0 Å². The molecular weight excluding hydrogens is 424 g/mol. The van der Waals surface area contributed by atoms with Gasteiger partial charge in [-0.3, -0.25) is 4.79 Å². The highest BCUT2D eigenvalue weighted by molar-refractivity contribution is 5.68. The summed E-state index contributed by atoms with van der Waals surface area (Å²) in [6, 6.07) is 0. The first-order chi connectivity index (χ1) is 15.8. The second-order valence-electron chi connectivity index (χ2n) is 10.1. The Balaban J connectivity index is 1.72. The average molecular weight is 473 g/mol. The molecule has 2 fully saturated rings. The van der Waals surface area contributed by atoms with E-state index >= 15 is 0 Å². The van der Waals surface area contributed by atoms with Gasteiger partial charge in [-0.2, -0.15) is 0 Å². The van der Waals surface area contributed by atoms with Gasteiger partial charge in [0.05, 0.1) is 19.3 Å². The van der Waals surface area contributed by atoms with E-state index in [0.717, 1.165) is 44.9 Å². The Bertz CT molecular complexity index is 553. The van der Waals surface area contributed by atoms with Gasteiger partial charge in [0.25, 0.3) is 0 Å². The van der Waals surface area contributed by atoms with Crippen LogP contribution in [-0.2, 0) is 28.5 Å². The summed E-state index contributed by atoms with van der Waals surface area (Å²) in [5.74, 6) is -0.834. The highest BCUT2D eigenvalue weighted by Gasteiger charge is 2.54. The van der Waals surface area contributed by atoms with Gasteiger partial charge in [-0.05, 0) is 40.0 Å². The number of hydrogen-bond acceptors (Lipinski definition) is 7. The van der Waals surface area contributed by atoms with Crippen LogP contribution in [0.2, 0.25) is 0 Å². The van der Waals surface area contributed by atoms with E-state index in [4.69, 9.17) is 18.9 Å². The Hall–Kier alpha value is -0.730. The molecule has 0 aromatic rings. The molecule has 7 heteroatoms. The number of rotatable bonds is 16. The van der Waals surface area contributed by atoms with Gasteiger partial charge < -0.3 is 28.8 Å². The summed E-state index contributed by atoms with van der Waals surface area (Å²) in [5.41, 5.74) is 0. The van der Waals surface area contributed by atoms with Crippen molar-refractivity contribution in [3.05, 3.63) is 0 Å². The molecule has 0 aromatic carbocycles. The van der Waals surface area contributed by atoms with Crippen LogP contribution in [0.15, 0.2) is 0 Å². The van der Waals surface area contributed by atoms with Crippen LogP contribution in [-0.4, -0.2) is 60.8 Å². The molecule has 0 saturated carbocycles. The summed E-state index contributed by atoms with van der Waals surface area (Å²) in [5, 5.41) is 10.9. The molecule has 1 N–H and O–H groups in total. The number of carbonyl (C=O) groups excluding carboxylic acids is 1. The van der Waals surface area contributed by atoms with Crippen molar-refractivity contribution in [2.45, 2.75) is 154 Å². The largest absolute Gasteiger partial charge is 0.469 e. The molecule has 0 radical (unpaired) electrons. The van der Waals surface area contributed by atoms with Crippen molar-refractivity contribution in [2.75, 3.05) is 7.11 Å². The van der Waals surface area contributed by atoms with Gasteiger partial charge in [0.2, 0.25) is 0 Å². The van der Waals surface area contributed by atoms with Crippen LogP contribution < -0.4 is 0 Å². The topological polar surface area (TPSA) is 83.5 Å². The highest BCUT2D eigenvalue weighted by atomic mass is 16.8. The molecule has 6 atom stereocenters. The second kappa shape index (κ2) is 14.6. The van der Waals surface area contributed by atoms with Gasteiger partial charge in [-0.15, -0.1) is 0 Å². The van der Waals surface area contributed by atoms with Gasteiger partial charge in [0.15, 0.2) is 12.1 Å². The zero-order valence-electron chi connectivity index (χ0n) is 21.6. The molecule has 2 rings (SSSR count). The van der Waals surface area contributed by atoms with Crippen molar-refractivity contribution in [2.24, 2.45) is 0 Å². The average Bonchev–Trinajstić information content (AvgIpc) is 3.11. The van der Waals surface area contributed by atoms with Crippen molar-refractivity contribution in [1.82, 2.24) is 0 Å². The summed E-state index contributed by atoms with van der Waals surface area (Å²) in [6.07, 6.45) is 11.4. The summed E-state index contributed by atoms with van der Waals surface area (Å²) >= 11 is 0. The molecule has 0 bridgehead atoms. The Morgan fingerprint density at radius 3 is 2.15 bits per heavy atom. The lowest BCUT2D eigenvalue weighted by molar-refractivity contribution is -0.288. The number of aliphatic hydroxyl groups is 1. The van der Waals surface area contributed by atoms with E-state index in [2.05, 4.69) is 11.7 Å². The first kappa shape index (κ1) is 28.5.